The third-order valence-electron chi connectivity index (χ3n) is 2.55. The monoisotopic (exact) mass is 284 g/mol. The zero-order valence-electron chi connectivity index (χ0n) is 11.8. The average Bonchev–Trinajstić information content (AvgIpc) is 2.43. The molecule has 5 nitrogen and oxygen atoms in total. The van der Waals surface area contributed by atoms with E-state index in [0.717, 1.165) is 5.57 Å². The summed E-state index contributed by atoms with van der Waals surface area (Å²) in [4.78, 5) is 22.1. The van der Waals surface area contributed by atoms with Crippen LogP contribution >= 0.6 is 0 Å². The number of hydrogen-bond acceptors (Lipinski definition) is 3. The number of methoxy groups -OCH3 is 1. The number of ether oxygens (including phenoxy) is 1. The number of allylic oxidation sites excluding steroid dienone is 1. The molecule has 3 N–H and O–H groups in total. The van der Waals surface area contributed by atoms with Crippen LogP contribution in [0.3, 0.4) is 0 Å². The number of rotatable bonds is 9. The molecule has 0 aromatic carbocycles. The third kappa shape index (κ3) is 6.84. The fraction of sp³-hybridized carbons (Fsp3) is 0.429. The lowest BCUT2D eigenvalue weighted by Gasteiger charge is -2.14. The molecule has 0 saturated heterocycles. The van der Waals surface area contributed by atoms with Gasteiger partial charge in [0.2, 0.25) is 5.91 Å². The lowest BCUT2D eigenvalue weighted by Crippen LogP contribution is -2.33. The van der Waals surface area contributed by atoms with Crippen molar-refractivity contribution >= 4 is 11.8 Å². The van der Waals surface area contributed by atoms with Gasteiger partial charge in [0.15, 0.2) is 0 Å². The summed E-state index contributed by atoms with van der Waals surface area (Å²) in [7, 11) is 1.49. The van der Waals surface area contributed by atoms with Crippen LogP contribution in [0.15, 0.2) is 36.0 Å². The normalized spacial score (nSPS) is 13.2. The number of nitrogens with two attached hydrogens (primary N) is 1. The van der Waals surface area contributed by atoms with Gasteiger partial charge in [0, 0.05) is 19.1 Å². The first-order valence-electron chi connectivity index (χ1n) is 6.14. The number of hydrogen-bond donors (Lipinski definition) is 2. The van der Waals surface area contributed by atoms with Gasteiger partial charge in [-0.25, -0.2) is 0 Å². The molecule has 0 saturated carbocycles. The van der Waals surface area contributed by atoms with Gasteiger partial charge in [-0.2, -0.15) is 0 Å². The highest BCUT2D eigenvalue weighted by molar-refractivity contribution is 5.97. The Labute approximate surface area is 118 Å². The molecular weight excluding hydrogens is 263 g/mol. The first-order valence-corrected chi connectivity index (χ1v) is 6.14. The Morgan fingerprint density at radius 1 is 1.45 bits per heavy atom. The number of alkyl halides is 1. The molecule has 0 spiro atoms. The van der Waals surface area contributed by atoms with Crippen LogP contribution in [0.4, 0.5) is 4.39 Å². The molecular formula is C14H21FN2O3. The first kappa shape index (κ1) is 18.0. The molecule has 0 heterocycles. The van der Waals surface area contributed by atoms with Crippen LogP contribution in [0, 0.1) is 0 Å². The van der Waals surface area contributed by atoms with Crippen molar-refractivity contribution in [3.8, 4) is 0 Å². The Bertz CT molecular complexity index is 417. The Morgan fingerprint density at radius 2 is 2.10 bits per heavy atom. The molecule has 0 rings (SSSR count). The van der Waals surface area contributed by atoms with E-state index in [-0.39, 0.29) is 24.6 Å². The van der Waals surface area contributed by atoms with Gasteiger partial charge >= 0.3 is 0 Å². The van der Waals surface area contributed by atoms with Gasteiger partial charge in [0.05, 0.1) is 19.3 Å². The standard InChI is InChI=1S/C14H21FN2O3/c1-4-11(12(20-3)7-8-15)6-5-10(2)14(19)17-9-13(16)18/h4-6,12H,2,7-9H2,1,3H3,(H2,16,18)(H,17,19)/b6-5-,11-4+. The summed E-state index contributed by atoms with van der Waals surface area (Å²) in [6, 6.07) is 0. The Balaban J connectivity index is 4.61. The molecule has 0 aliphatic carbocycles. The summed E-state index contributed by atoms with van der Waals surface area (Å²) >= 11 is 0. The fourth-order valence-corrected chi connectivity index (χ4v) is 1.46. The van der Waals surface area contributed by atoms with Gasteiger partial charge < -0.3 is 15.8 Å². The summed E-state index contributed by atoms with van der Waals surface area (Å²) in [6.07, 6.45) is 4.75. The van der Waals surface area contributed by atoms with E-state index < -0.39 is 18.5 Å². The van der Waals surface area contributed by atoms with Crippen molar-refractivity contribution in [2.45, 2.75) is 19.4 Å². The van der Waals surface area contributed by atoms with Gasteiger partial charge in [0.25, 0.3) is 5.91 Å². The minimum Gasteiger partial charge on any atom is -0.377 e. The molecule has 0 aliphatic rings. The maximum atomic E-state index is 12.4. The molecule has 0 radical (unpaired) electrons. The van der Waals surface area contributed by atoms with Crippen LogP contribution in [0.25, 0.3) is 0 Å². The Hall–Kier alpha value is -1.95. The molecule has 112 valence electrons. The van der Waals surface area contributed by atoms with E-state index in [2.05, 4.69) is 11.9 Å². The highest BCUT2D eigenvalue weighted by Gasteiger charge is 2.11. The van der Waals surface area contributed by atoms with Crippen molar-refractivity contribution in [3.05, 3.63) is 36.0 Å². The molecule has 0 aromatic heterocycles. The van der Waals surface area contributed by atoms with Gasteiger partial charge in [0.1, 0.15) is 0 Å². The third-order valence-corrected chi connectivity index (χ3v) is 2.55. The van der Waals surface area contributed by atoms with Crippen LogP contribution < -0.4 is 11.1 Å². The van der Waals surface area contributed by atoms with Crippen molar-refractivity contribution in [2.24, 2.45) is 5.73 Å². The van der Waals surface area contributed by atoms with Crippen LogP contribution in [0.1, 0.15) is 13.3 Å². The summed E-state index contributed by atoms with van der Waals surface area (Å²) in [5.41, 5.74) is 5.82. The number of carbonyl (C=O) groups is 2. The van der Waals surface area contributed by atoms with Gasteiger partial charge in [-0.3, -0.25) is 14.0 Å². The first-order chi connectivity index (χ1) is 9.46. The summed E-state index contributed by atoms with van der Waals surface area (Å²) in [6.45, 7) is 4.63. The Morgan fingerprint density at radius 3 is 2.55 bits per heavy atom. The van der Waals surface area contributed by atoms with Crippen LogP contribution in [0.5, 0.6) is 0 Å². The predicted molar refractivity (Wildman–Crippen MR) is 75.6 cm³/mol. The second-order valence-corrected chi connectivity index (χ2v) is 4.00. The average molecular weight is 284 g/mol. The highest BCUT2D eigenvalue weighted by Crippen LogP contribution is 2.13. The quantitative estimate of drug-likeness (QED) is 0.490. The van der Waals surface area contributed by atoms with Crippen LogP contribution in [-0.4, -0.2) is 38.2 Å². The highest BCUT2D eigenvalue weighted by atomic mass is 19.1. The summed E-state index contributed by atoms with van der Waals surface area (Å²) in [5.74, 6) is -1.12. The Kier molecular flexibility index (Phi) is 8.95. The smallest absolute Gasteiger partial charge is 0.251 e. The molecule has 0 aromatic rings. The lowest BCUT2D eigenvalue weighted by atomic mass is 10.1. The van der Waals surface area contributed by atoms with E-state index in [4.69, 9.17) is 10.5 Å². The van der Waals surface area contributed by atoms with E-state index in [0.29, 0.717) is 0 Å². The number of carbonyl (C=O) groups excluding carboxylic acids is 2. The number of nitrogens with one attached hydrogen (secondary N) is 1. The van der Waals surface area contributed by atoms with Crippen LogP contribution in [0.2, 0.25) is 0 Å². The van der Waals surface area contributed by atoms with E-state index >= 15 is 0 Å². The number of primary amides is 1. The zero-order valence-corrected chi connectivity index (χ0v) is 11.8. The molecule has 0 fully saturated rings. The molecule has 1 unspecified atom stereocenters. The molecule has 1 atom stereocenters. The SMILES string of the molecule is C=C(/C=C\C(=C/C)C(CCF)OC)C(=O)NCC(N)=O. The minimum absolute atomic E-state index is 0.167. The molecule has 0 aliphatic heterocycles. The number of amides is 2. The van der Waals surface area contributed by atoms with Gasteiger partial charge in [-0.15, -0.1) is 0 Å². The van der Waals surface area contributed by atoms with Gasteiger partial charge in [-0.1, -0.05) is 18.7 Å². The van der Waals surface area contributed by atoms with E-state index in [1.807, 2.05) is 0 Å². The van der Waals surface area contributed by atoms with E-state index in [1.54, 1.807) is 19.1 Å². The second kappa shape index (κ2) is 9.91. The summed E-state index contributed by atoms with van der Waals surface area (Å²) in [5, 5.41) is 2.32. The van der Waals surface area contributed by atoms with Crippen LogP contribution in [-0.2, 0) is 14.3 Å². The number of halogens is 1. The lowest BCUT2D eigenvalue weighted by molar-refractivity contribution is -0.122. The molecule has 6 heteroatoms. The van der Waals surface area contributed by atoms with Gasteiger partial charge in [-0.05, 0) is 18.6 Å². The van der Waals surface area contributed by atoms with Crippen molar-refractivity contribution in [2.75, 3.05) is 20.3 Å². The summed E-state index contributed by atoms with van der Waals surface area (Å²) < 4.78 is 17.5. The van der Waals surface area contributed by atoms with E-state index in [9.17, 15) is 14.0 Å². The fourth-order valence-electron chi connectivity index (χ4n) is 1.46. The molecule has 2 amide bonds. The second-order valence-electron chi connectivity index (χ2n) is 4.00. The van der Waals surface area contributed by atoms with Crippen molar-refractivity contribution in [1.29, 1.82) is 0 Å². The largest absolute Gasteiger partial charge is 0.377 e. The predicted octanol–water partition coefficient (Wildman–Crippen LogP) is 1.02. The van der Waals surface area contributed by atoms with Crippen molar-refractivity contribution in [3.63, 3.8) is 0 Å². The maximum Gasteiger partial charge on any atom is 0.251 e. The maximum absolute atomic E-state index is 12.4. The van der Waals surface area contributed by atoms with Crippen molar-refractivity contribution < 1.29 is 18.7 Å². The van der Waals surface area contributed by atoms with E-state index in [1.165, 1.54) is 13.2 Å². The molecule has 0 bridgehead atoms. The van der Waals surface area contributed by atoms with Crippen molar-refractivity contribution in [1.82, 2.24) is 5.32 Å². The minimum atomic E-state index is -0.633. The topological polar surface area (TPSA) is 81.4 Å². The zero-order chi connectivity index (χ0) is 15.5. The molecule has 20 heavy (non-hydrogen) atoms.